The van der Waals surface area contributed by atoms with Crippen LogP contribution in [0.1, 0.15) is 6.42 Å². The summed E-state index contributed by atoms with van der Waals surface area (Å²) in [5.74, 6) is 0.385. The zero-order valence-electron chi connectivity index (χ0n) is 5.45. The van der Waals surface area contributed by atoms with E-state index in [1.54, 1.807) is 11.8 Å². The molecule has 0 aliphatic rings. The standard InChI is InChI=1S/C4H12BNO2S/c1-9-3-2-4(6)5(7)8/h4,7-8H,2-3,6H2,1H3/t4-/m0/s1. The van der Waals surface area contributed by atoms with E-state index in [4.69, 9.17) is 15.8 Å². The molecule has 1 atom stereocenters. The average Bonchev–Trinajstić information content (AvgIpc) is 1.82. The van der Waals surface area contributed by atoms with Crippen molar-refractivity contribution in [3.63, 3.8) is 0 Å². The summed E-state index contributed by atoms with van der Waals surface area (Å²) in [6.45, 7) is 0. The van der Waals surface area contributed by atoms with Gasteiger partial charge in [-0.05, 0) is 18.4 Å². The Morgan fingerprint density at radius 3 is 2.56 bits per heavy atom. The Morgan fingerprint density at radius 1 is 1.67 bits per heavy atom. The minimum atomic E-state index is -1.36. The lowest BCUT2D eigenvalue weighted by Crippen LogP contribution is -2.39. The summed E-state index contributed by atoms with van der Waals surface area (Å²) in [4.78, 5) is 0. The molecule has 0 aliphatic carbocycles. The lowest BCUT2D eigenvalue weighted by molar-refractivity contribution is 0.385. The summed E-state index contributed by atoms with van der Waals surface area (Å²) in [7, 11) is -1.36. The van der Waals surface area contributed by atoms with E-state index in [0.717, 1.165) is 5.75 Å². The maximum absolute atomic E-state index is 8.47. The van der Waals surface area contributed by atoms with Crippen LogP contribution in [-0.2, 0) is 0 Å². The second-order valence-corrected chi connectivity index (χ2v) is 2.84. The normalized spacial score (nSPS) is 13.3. The van der Waals surface area contributed by atoms with Gasteiger partial charge in [0.1, 0.15) is 0 Å². The molecular formula is C4H12BNO2S. The van der Waals surface area contributed by atoms with Gasteiger partial charge in [0.05, 0.1) is 0 Å². The second kappa shape index (κ2) is 5.11. The largest absolute Gasteiger partial charge is 0.469 e. The molecule has 5 heteroatoms. The Bertz CT molecular complexity index is 73.6. The quantitative estimate of drug-likeness (QED) is 0.452. The zero-order valence-corrected chi connectivity index (χ0v) is 6.27. The molecule has 0 aromatic carbocycles. The highest BCUT2D eigenvalue weighted by Gasteiger charge is 2.17. The summed E-state index contributed by atoms with van der Waals surface area (Å²) < 4.78 is 0. The number of rotatable bonds is 4. The molecule has 0 heterocycles. The number of thioether (sulfide) groups is 1. The number of hydrogen-bond acceptors (Lipinski definition) is 4. The lowest BCUT2D eigenvalue weighted by atomic mass is 9.79. The highest BCUT2D eigenvalue weighted by molar-refractivity contribution is 7.98. The second-order valence-electron chi connectivity index (χ2n) is 1.86. The molecule has 0 rings (SSSR count). The van der Waals surface area contributed by atoms with E-state index in [1.807, 2.05) is 6.26 Å². The molecule has 0 fully saturated rings. The number of hydrogen-bond donors (Lipinski definition) is 3. The molecule has 3 nitrogen and oxygen atoms in total. The Balaban J connectivity index is 3.16. The van der Waals surface area contributed by atoms with Gasteiger partial charge in [-0.2, -0.15) is 11.8 Å². The van der Waals surface area contributed by atoms with Crippen LogP contribution in [0.4, 0.5) is 0 Å². The Hall–Kier alpha value is 0.295. The average molecular weight is 149 g/mol. The Labute approximate surface area is 59.8 Å². The van der Waals surface area contributed by atoms with Crippen molar-refractivity contribution in [1.82, 2.24) is 0 Å². The van der Waals surface area contributed by atoms with Gasteiger partial charge in [-0.25, -0.2) is 0 Å². The van der Waals surface area contributed by atoms with Gasteiger partial charge in [0.25, 0.3) is 0 Å². The van der Waals surface area contributed by atoms with Crippen molar-refractivity contribution in [1.29, 1.82) is 0 Å². The van der Waals surface area contributed by atoms with Gasteiger partial charge in [-0.3, -0.25) is 0 Å². The van der Waals surface area contributed by atoms with Gasteiger partial charge in [0, 0.05) is 5.94 Å². The van der Waals surface area contributed by atoms with E-state index >= 15 is 0 Å². The zero-order chi connectivity index (χ0) is 7.28. The van der Waals surface area contributed by atoms with Crippen molar-refractivity contribution >= 4 is 18.9 Å². The summed E-state index contributed by atoms with van der Waals surface area (Å²) >= 11 is 1.65. The molecule has 0 aromatic rings. The topological polar surface area (TPSA) is 66.5 Å². The molecule has 54 valence electrons. The third kappa shape index (κ3) is 4.78. The minimum absolute atomic E-state index is 0.488. The van der Waals surface area contributed by atoms with E-state index in [2.05, 4.69) is 0 Å². The predicted molar refractivity (Wildman–Crippen MR) is 41.2 cm³/mol. The van der Waals surface area contributed by atoms with Gasteiger partial charge < -0.3 is 15.8 Å². The fourth-order valence-corrected chi connectivity index (χ4v) is 0.911. The third-order valence-electron chi connectivity index (χ3n) is 1.04. The van der Waals surface area contributed by atoms with E-state index in [-0.39, 0.29) is 0 Å². The van der Waals surface area contributed by atoms with Crippen LogP contribution in [0.3, 0.4) is 0 Å². The van der Waals surface area contributed by atoms with Crippen LogP contribution in [-0.4, -0.2) is 35.1 Å². The highest BCUT2D eigenvalue weighted by Crippen LogP contribution is 1.98. The van der Waals surface area contributed by atoms with Crippen molar-refractivity contribution in [3.8, 4) is 0 Å². The van der Waals surface area contributed by atoms with Gasteiger partial charge in [0.15, 0.2) is 0 Å². The Kier molecular flexibility index (Phi) is 5.28. The van der Waals surface area contributed by atoms with Crippen LogP contribution in [0.25, 0.3) is 0 Å². The van der Waals surface area contributed by atoms with Gasteiger partial charge in [-0.15, -0.1) is 0 Å². The monoisotopic (exact) mass is 149 g/mol. The molecule has 9 heavy (non-hydrogen) atoms. The molecule has 0 amide bonds. The summed E-state index contributed by atoms with van der Waals surface area (Å²) in [5.41, 5.74) is 5.29. The predicted octanol–water partition coefficient (Wildman–Crippen LogP) is -0.921. The molecule has 0 saturated heterocycles. The molecule has 0 spiro atoms. The fraction of sp³-hybridized carbons (Fsp3) is 1.00. The molecule has 0 saturated carbocycles. The van der Waals surface area contributed by atoms with E-state index < -0.39 is 13.1 Å². The third-order valence-corrected chi connectivity index (χ3v) is 1.68. The van der Waals surface area contributed by atoms with Crippen LogP contribution < -0.4 is 5.73 Å². The van der Waals surface area contributed by atoms with Crippen molar-refractivity contribution < 1.29 is 10.0 Å². The summed E-state index contributed by atoms with van der Waals surface area (Å²) in [5, 5.41) is 16.9. The van der Waals surface area contributed by atoms with E-state index in [0.29, 0.717) is 6.42 Å². The van der Waals surface area contributed by atoms with Crippen LogP contribution in [0, 0.1) is 0 Å². The maximum Gasteiger partial charge on any atom is 0.469 e. The molecule has 4 N–H and O–H groups in total. The first-order valence-corrected chi connectivity index (χ1v) is 4.18. The van der Waals surface area contributed by atoms with Crippen LogP contribution in [0.15, 0.2) is 0 Å². The fourth-order valence-electron chi connectivity index (χ4n) is 0.403. The van der Waals surface area contributed by atoms with Crippen molar-refractivity contribution in [2.45, 2.75) is 12.4 Å². The summed E-state index contributed by atoms with van der Waals surface area (Å²) in [6, 6.07) is 0. The number of nitrogens with two attached hydrogens (primary N) is 1. The lowest BCUT2D eigenvalue weighted by Gasteiger charge is -2.07. The molecule has 0 bridgehead atoms. The molecular weight excluding hydrogens is 137 g/mol. The molecule has 0 radical (unpaired) electrons. The van der Waals surface area contributed by atoms with Crippen molar-refractivity contribution in [2.75, 3.05) is 12.0 Å². The first kappa shape index (κ1) is 9.29. The SMILES string of the molecule is CSCC[C@H](N)B(O)O. The van der Waals surface area contributed by atoms with Crippen LogP contribution in [0.5, 0.6) is 0 Å². The molecule has 0 aliphatic heterocycles. The van der Waals surface area contributed by atoms with Crippen LogP contribution in [0.2, 0.25) is 0 Å². The van der Waals surface area contributed by atoms with Crippen molar-refractivity contribution in [3.05, 3.63) is 0 Å². The van der Waals surface area contributed by atoms with Crippen LogP contribution >= 0.6 is 11.8 Å². The maximum atomic E-state index is 8.47. The minimum Gasteiger partial charge on any atom is -0.426 e. The van der Waals surface area contributed by atoms with Gasteiger partial charge in [-0.1, -0.05) is 0 Å². The molecule has 0 aromatic heterocycles. The Morgan fingerprint density at radius 2 is 2.22 bits per heavy atom. The summed E-state index contributed by atoms with van der Waals surface area (Å²) in [6.07, 6.45) is 2.61. The smallest absolute Gasteiger partial charge is 0.426 e. The first-order valence-electron chi connectivity index (χ1n) is 2.79. The van der Waals surface area contributed by atoms with E-state index in [1.165, 1.54) is 0 Å². The van der Waals surface area contributed by atoms with E-state index in [9.17, 15) is 0 Å². The van der Waals surface area contributed by atoms with Gasteiger partial charge in [0.2, 0.25) is 0 Å². The highest BCUT2D eigenvalue weighted by atomic mass is 32.2. The van der Waals surface area contributed by atoms with Gasteiger partial charge >= 0.3 is 7.12 Å². The molecule has 0 unspecified atom stereocenters. The first-order chi connectivity index (χ1) is 4.18. The van der Waals surface area contributed by atoms with Crippen molar-refractivity contribution in [2.24, 2.45) is 5.73 Å².